The number of aromatic amines is 1. The van der Waals surface area contributed by atoms with Crippen LogP contribution in [0.15, 0.2) is 57.8 Å². The van der Waals surface area contributed by atoms with Gasteiger partial charge in [-0.2, -0.15) is 0 Å². The Labute approximate surface area is 158 Å². The van der Waals surface area contributed by atoms with Crippen molar-refractivity contribution < 1.29 is 28.6 Å². The monoisotopic (exact) mass is 382 g/mol. The van der Waals surface area contributed by atoms with Crippen LogP contribution < -0.4 is 20.4 Å². The SMILES string of the molecule is COc1ccccc1-[n+]1[nH]oc(=O)c1C(=O)CC1(O)C(=O)Nc2ccccc21. The average Bonchev–Trinajstić information content (AvgIpc) is 3.20. The van der Waals surface area contributed by atoms with Crippen LogP contribution in [0.3, 0.4) is 0 Å². The van der Waals surface area contributed by atoms with Gasteiger partial charge in [-0.1, -0.05) is 30.3 Å². The molecule has 9 heteroatoms. The number of ketones is 1. The Bertz CT molecular complexity index is 1150. The standard InChI is InChI=1S/C19H15N3O6/c1-27-15-9-5-4-8-13(15)22-16(17(24)28-21-22)14(23)10-19(26)11-6-2-3-7-12(11)20-18(19)25/h2-9,26H,10H2,1H3,(H-,20,21,23,24,25)/p+1. The summed E-state index contributed by atoms with van der Waals surface area (Å²) in [5.41, 5.74) is -2.32. The summed E-state index contributed by atoms with van der Waals surface area (Å²) in [6, 6.07) is 13.2. The molecule has 0 aliphatic carbocycles. The van der Waals surface area contributed by atoms with E-state index in [4.69, 9.17) is 9.26 Å². The third-order valence-electron chi connectivity index (χ3n) is 4.65. The number of hydrogen-bond acceptors (Lipinski definition) is 6. The summed E-state index contributed by atoms with van der Waals surface area (Å²) < 4.78 is 11.2. The van der Waals surface area contributed by atoms with Gasteiger partial charge in [0.25, 0.3) is 11.6 Å². The Balaban J connectivity index is 1.76. The van der Waals surface area contributed by atoms with Gasteiger partial charge in [0.2, 0.25) is 5.78 Å². The Hall–Kier alpha value is -3.72. The molecule has 0 radical (unpaired) electrons. The zero-order chi connectivity index (χ0) is 19.9. The molecule has 0 saturated heterocycles. The predicted molar refractivity (Wildman–Crippen MR) is 95.3 cm³/mol. The molecule has 2 heterocycles. The number of fused-ring (bicyclic) bond motifs is 1. The highest BCUT2D eigenvalue weighted by atomic mass is 16.5. The summed E-state index contributed by atoms with van der Waals surface area (Å²) in [5, 5.41) is 15.8. The van der Waals surface area contributed by atoms with Gasteiger partial charge in [0, 0.05) is 17.3 Å². The predicted octanol–water partition coefficient (Wildman–Crippen LogP) is 0.666. The fraction of sp³-hybridized carbons (Fsp3) is 0.158. The fourth-order valence-corrected chi connectivity index (χ4v) is 3.29. The number of ether oxygens (including phenoxy) is 1. The maximum atomic E-state index is 13.0. The van der Waals surface area contributed by atoms with E-state index in [-0.39, 0.29) is 11.3 Å². The first kappa shape index (κ1) is 17.7. The zero-order valence-corrected chi connectivity index (χ0v) is 14.8. The van der Waals surface area contributed by atoms with E-state index in [2.05, 4.69) is 10.6 Å². The number of benzene rings is 2. The summed E-state index contributed by atoms with van der Waals surface area (Å²) in [6.45, 7) is 0. The van der Waals surface area contributed by atoms with Crippen molar-refractivity contribution in [2.75, 3.05) is 12.4 Å². The first-order chi connectivity index (χ1) is 13.5. The number of nitrogens with zero attached hydrogens (tertiary/aromatic N) is 1. The summed E-state index contributed by atoms with van der Waals surface area (Å²) >= 11 is 0. The molecule has 1 aliphatic rings. The van der Waals surface area contributed by atoms with E-state index < -0.39 is 29.3 Å². The Morgan fingerprint density at radius 2 is 1.89 bits per heavy atom. The summed E-state index contributed by atoms with van der Waals surface area (Å²) in [4.78, 5) is 37.5. The Morgan fingerprint density at radius 1 is 1.18 bits per heavy atom. The van der Waals surface area contributed by atoms with Crippen LogP contribution in [-0.4, -0.2) is 29.2 Å². The molecule has 3 N–H and O–H groups in total. The van der Waals surface area contributed by atoms with Crippen molar-refractivity contribution in [3.63, 3.8) is 0 Å². The van der Waals surface area contributed by atoms with Crippen molar-refractivity contribution in [2.24, 2.45) is 0 Å². The first-order valence-electron chi connectivity index (χ1n) is 8.39. The van der Waals surface area contributed by atoms with Crippen molar-refractivity contribution in [3.8, 4) is 11.4 Å². The number of amides is 1. The number of Topliss-reactive ketones (excluding diaryl/α,β-unsaturated/α-hetero) is 1. The molecule has 9 nitrogen and oxygen atoms in total. The van der Waals surface area contributed by atoms with E-state index in [9.17, 15) is 19.5 Å². The second-order valence-corrected chi connectivity index (χ2v) is 6.30. The molecule has 1 unspecified atom stereocenters. The molecular weight excluding hydrogens is 366 g/mol. The molecule has 0 fully saturated rings. The molecule has 142 valence electrons. The molecule has 1 aliphatic heterocycles. The number of aromatic nitrogens is 2. The van der Waals surface area contributed by atoms with Crippen molar-refractivity contribution >= 4 is 17.4 Å². The lowest BCUT2D eigenvalue weighted by atomic mass is 9.89. The van der Waals surface area contributed by atoms with Gasteiger partial charge in [0.15, 0.2) is 11.4 Å². The van der Waals surface area contributed by atoms with Crippen LogP contribution >= 0.6 is 0 Å². The van der Waals surface area contributed by atoms with Crippen LogP contribution in [0.25, 0.3) is 5.69 Å². The summed E-state index contributed by atoms with van der Waals surface area (Å²) in [5.74, 6) is -1.11. The molecule has 0 saturated carbocycles. The van der Waals surface area contributed by atoms with Gasteiger partial charge in [-0.05, 0) is 22.1 Å². The fourth-order valence-electron chi connectivity index (χ4n) is 3.29. The van der Waals surface area contributed by atoms with Crippen molar-refractivity contribution in [3.05, 3.63) is 70.2 Å². The second kappa shape index (κ2) is 6.46. The number of rotatable bonds is 5. The quantitative estimate of drug-likeness (QED) is 0.440. The minimum Gasteiger partial charge on any atom is -0.490 e. The van der Waals surface area contributed by atoms with E-state index in [1.165, 1.54) is 7.11 Å². The number of hydrogen-bond donors (Lipinski definition) is 3. The van der Waals surface area contributed by atoms with Crippen LogP contribution in [0.4, 0.5) is 5.69 Å². The molecule has 1 aromatic heterocycles. The highest BCUT2D eigenvalue weighted by Gasteiger charge is 2.49. The molecule has 0 spiro atoms. The minimum atomic E-state index is -2.09. The van der Waals surface area contributed by atoms with Gasteiger partial charge in [-0.15, -0.1) is 0 Å². The zero-order valence-electron chi connectivity index (χ0n) is 14.8. The maximum Gasteiger partial charge on any atom is 0.438 e. The normalized spacial score (nSPS) is 17.9. The second-order valence-electron chi connectivity index (χ2n) is 6.30. The number of nitrogens with one attached hydrogen (secondary N) is 2. The van der Waals surface area contributed by atoms with E-state index in [1.807, 2.05) is 0 Å². The minimum absolute atomic E-state index is 0.275. The van der Waals surface area contributed by atoms with Gasteiger partial charge in [0.05, 0.1) is 13.5 Å². The van der Waals surface area contributed by atoms with Gasteiger partial charge >= 0.3 is 11.3 Å². The van der Waals surface area contributed by atoms with Crippen molar-refractivity contribution in [2.45, 2.75) is 12.0 Å². The van der Waals surface area contributed by atoms with Crippen LogP contribution in [0, 0.1) is 0 Å². The van der Waals surface area contributed by atoms with Crippen molar-refractivity contribution in [1.29, 1.82) is 0 Å². The van der Waals surface area contributed by atoms with Crippen LogP contribution in [-0.2, 0) is 10.4 Å². The third kappa shape index (κ3) is 2.60. The van der Waals surface area contributed by atoms with Crippen LogP contribution in [0.5, 0.6) is 5.75 Å². The van der Waals surface area contributed by atoms with Gasteiger partial charge < -0.3 is 15.2 Å². The summed E-state index contributed by atoms with van der Waals surface area (Å²) in [6.07, 6.45) is -0.631. The molecule has 0 bridgehead atoms. The lowest BCUT2D eigenvalue weighted by Crippen LogP contribution is -2.44. The van der Waals surface area contributed by atoms with Crippen LogP contribution in [0.1, 0.15) is 22.5 Å². The van der Waals surface area contributed by atoms with Gasteiger partial charge in [-0.25, -0.2) is 4.79 Å². The Kier molecular flexibility index (Phi) is 4.08. The maximum absolute atomic E-state index is 13.0. The third-order valence-corrected chi connectivity index (χ3v) is 4.65. The van der Waals surface area contributed by atoms with Crippen molar-refractivity contribution in [1.82, 2.24) is 5.27 Å². The first-order valence-corrected chi connectivity index (χ1v) is 8.39. The van der Waals surface area contributed by atoms with E-state index >= 15 is 0 Å². The molecule has 4 rings (SSSR count). The lowest BCUT2D eigenvalue weighted by Gasteiger charge is -2.18. The number of methoxy groups -OCH3 is 1. The number of anilines is 1. The summed E-state index contributed by atoms with van der Waals surface area (Å²) in [7, 11) is 1.45. The molecule has 3 aromatic rings. The molecule has 1 amide bonds. The van der Waals surface area contributed by atoms with Gasteiger partial charge in [0.1, 0.15) is 0 Å². The topological polar surface area (TPSA) is 126 Å². The number of carbonyl (C=O) groups is 2. The Morgan fingerprint density at radius 3 is 2.68 bits per heavy atom. The molecular formula is C19H16N3O6+. The van der Waals surface area contributed by atoms with E-state index in [0.717, 1.165) is 4.68 Å². The average molecular weight is 382 g/mol. The van der Waals surface area contributed by atoms with E-state index in [1.54, 1.807) is 48.5 Å². The van der Waals surface area contributed by atoms with Gasteiger partial charge in [-0.3, -0.25) is 14.1 Å². The largest absolute Gasteiger partial charge is 0.490 e. The lowest BCUT2D eigenvalue weighted by molar-refractivity contribution is -0.672. The smallest absolute Gasteiger partial charge is 0.438 e. The molecule has 2 aromatic carbocycles. The van der Waals surface area contributed by atoms with E-state index in [0.29, 0.717) is 17.1 Å². The molecule has 28 heavy (non-hydrogen) atoms. The number of para-hydroxylation sites is 3. The molecule has 1 atom stereocenters. The highest BCUT2D eigenvalue weighted by Crippen LogP contribution is 2.38. The number of H-pyrrole nitrogens is 1. The number of carbonyl (C=O) groups excluding carboxylic acids is 2. The van der Waals surface area contributed by atoms with Crippen LogP contribution in [0.2, 0.25) is 0 Å². The highest BCUT2D eigenvalue weighted by molar-refractivity contribution is 6.08. The number of aliphatic hydroxyl groups is 1.